The lowest BCUT2D eigenvalue weighted by molar-refractivity contribution is -0.385. The number of carbonyl (C=O) groups excluding carboxylic acids is 1. The third-order valence-electron chi connectivity index (χ3n) is 4.39. The molecule has 2 heterocycles. The monoisotopic (exact) mass is 423 g/mol. The van der Waals surface area contributed by atoms with Gasteiger partial charge in [-0.05, 0) is 30.3 Å². The lowest BCUT2D eigenvalue weighted by Gasteiger charge is -2.07. The summed E-state index contributed by atoms with van der Waals surface area (Å²) in [6.45, 7) is -0.355. The zero-order chi connectivity index (χ0) is 21.3. The van der Waals surface area contributed by atoms with Gasteiger partial charge in [-0.15, -0.1) is 0 Å². The van der Waals surface area contributed by atoms with E-state index in [4.69, 9.17) is 11.6 Å². The van der Waals surface area contributed by atoms with Gasteiger partial charge in [0.1, 0.15) is 12.4 Å². The van der Waals surface area contributed by atoms with Crippen molar-refractivity contribution in [1.29, 1.82) is 0 Å². The van der Waals surface area contributed by atoms with Crippen LogP contribution in [0.4, 0.5) is 11.4 Å². The van der Waals surface area contributed by atoms with Crippen LogP contribution in [0.2, 0.25) is 5.02 Å². The van der Waals surface area contributed by atoms with Gasteiger partial charge >= 0.3 is 0 Å². The van der Waals surface area contributed by atoms with Gasteiger partial charge in [0.25, 0.3) is 11.2 Å². The number of hydrogen-bond donors (Lipinski definition) is 2. The maximum absolute atomic E-state index is 12.3. The first-order chi connectivity index (χ1) is 14.4. The Morgan fingerprint density at radius 3 is 2.77 bits per heavy atom. The van der Waals surface area contributed by atoms with E-state index in [0.29, 0.717) is 27.6 Å². The van der Waals surface area contributed by atoms with Crippen LogP contribution in [0.3, 0.4) is 0 Å². The number of carbonyl (C=O) groups is 1. The van der Waals surface area contributed by atoms with Gasteiger partial charge in [0.15, 0.2) is 0 Å². The zero-order valence-corrected chi connectivity index (χ0v) is 16.1. The molecule has 0 fully saturated rings. The molecule has 9 nitrogen and oxygen atoms in total. The van der Waals surface area contributed by atoms with Crippen LogP contribution in [-0.4, -0.2) is 25.4 Å². The van der Waals surface area contributed by atoms with Crippen molar-refractivity contribution in [3.63, 3.8) is 0 Å². The summed E-state index contributed by atoms with van der Waals surface area (Å²) < 4.78 is 0.984. The van der Waals surface area contributed by atoms with Crippen molar-refractivity contribution in [2.24, 2.45) is 0 Å². The van der Waals surface area contributed by atoms with Crippen molar-refractivity contribution < 1.29 is 9.72 Å². The van der Waals surface area contributed by atoms with Crippen LogP contribution in [0.15, 0.2) is 65.6 Å². The number of hydrogen-bond acceptors (Lipinski definition) is 5. The van der Waals surface area contributed by atoms with E-state index in [0.717, 1.165) is 28.5 Å². The first-order valence-electron chi connectivity index (χ1n) is 8.80. The van der Waals surface area contributed by atoms with Crippen molar-refractivity contribution >= 4 is 39.9 Å². The molecule has 150 valence electrons. The Labute approximate surface area is 174 Å². The number of amides is 1. The van der Waals surface area contributed by atoms with E-state index in [1.807, 2.05) is 18.2 Å². The minimum absolute atomic E-state index is 0.270. The van der Waals surface area contributed by atoms with Crippen LogP contribution in [0, 0.1) is 10.1 Å². The quantitative estimate of drug-likeness (QED) is 0.375. The summed E-state index contributed by atoms with van der Waals surface area (Å²) >= 11 is 6.22. The van der Waals surface area contributed by atoms with Crippen LogP contribution in [0.25, 0.3) is 22.4 Å². The van der Waals surface area contributed by atoms with E-state index in [2.05, 4.69) is 15.3 Å². The second-order valence-corrected chi connectivity index (χ2v) is 6.86. The molecule has 10 heteroatoms. The third kappa shape index (κ3) is 3.91. The van der Waals surface area contributed by atoms with Crippen molar-refractivity contribution in [1.82, 2.24) is 14.5 Å². The Bertz CT molecular complexity index is 1340. The number of aromatic amines is 1. The Hall–Kier alpha value is -3.98. The second-order valence-electron chi connectivity index (χ2n) is 6.46. The molecule has 2 aromatic carbocycles. The van der Waals surface area contributed by atoms with Gasteiger partial charge in [-0.25, -0.2) is 4.98 Å². The highest BCUT2D eigenvalue weighted by molar-refractivity contribution is 6.33. The van der Waals surface area contributed by atoms with E-state index < -0.39 is 16.4 Å². The van der Waals surface area contributed by atoms with Gasteiger partial charge in [-0.3, -0.25) is 24.3 Å². The van der Waals surface area contributed by atoms with Crippen LogP contribution >= 0.6 is 11.6 Å². The molecule has 0 aliphatic heterocycles. The molecule has 0 aliphatic carbocycles. The summed E-state index contributed by atoms with van der Waals surface area (Å²) in [6, 6.07) is 14.6. The number of H-pyrrole nitrogens is 1. The number of aromatic nitrogens is 3. The fraction of sp³-hybridized carbons (Fsp3) is 0.0500. The normalized spacial score (nSPS) is 10.8. The van der Waals surface area contributed by atoms with Crippen LogP contribution < -0.4 is 10.9 Å². The Morgan fingerprint density at radius 2 is 2.00 bits per heavy atom. The highest BCUT2D eigenvalue weighted by atomic mass is 35.5. The van der Waals surface area contributed by atoms with E-state index in [1.54, 1.807) is 24.3 Å². The van der Waals surface area contributed by atoms with E-state index in [-0.39, 0.29) is 12.2 Å². The molecule has 0 spiro atoms. The van der Waals surface area contributed by atoms with Gasteiger partial charge in [0.05, 0.1) is 27.2 Å². The topological polar surface area (TPSA) is 123 Å². The molecule has 0 atom stereocenters. The maximum atomic E-state index is 12.3. The molecule has 2 aromatic heterocycles. The number of rotatable bonds is 5. The fourth-order valence-electron chi connectivity index (χ4n) is 2.97. The van der Waals surface area contributed by atoms with Gasteiger partial charge < -0.3 is 10.3 Å². The molecular formula is C20H14ClN5O4. The minimum Gasteiger partial charge on any atom is -0.338 e. The Kier molecular flexibility index (Phi) is 5.03. The molecular weight excluding hydrogens is 410 g/mol. The number of anilines is 1. The predicted molar refractivity (Wildman–Crippen MR) is 113 cm³/mol. The number of nitrogens with one attached hydrogen (secondary N) is 2. The smallest absolute Gasteiger partial charge is 0.285 e. The number of benzene rings is 2. The Balaban J connectivity index is 1.55. The molecule has 0 saturated carbocycles. The highest BCUT2D eigenvalue weighted by Gasteiger charge is 2.12. The fourth-order valence-corrected chi connectivity index (χ4v) is 3.20. The number of pyridine rings is 1. The lowest BCUT2D eigenvalue weighted by Crippen LogP contribution is -2.26. The summed E-state index contributed by atoms with van der Waals surface area (Å²) in [5.41, 5.74) is 1.84. The highest BCUT2D eigenvalue weighted by Crippen LogP contribution is 2.28. The van der Waals surface area contributed by atoms with Crippen LogP contribution in [-0.2, 0) is 11.3 Å². The Morgan fingerprint density at radius 1 is 1.20 bits per heavy atom. The predicted octanol–water partition coefficient (Wildman–Crippen LogP) is 3.59. The average Bonchev–Trinajstić information content (AvgIpc) is 3.13. The van der Waals surface area contributed by atoms with Gasteiger partial charge in [-0.1, -0.05) is 23.7 Å². The minimum atomic E-state index is -0.628. The molecule has 4 rings (SSSR count). The summed E-state index contributed by atoms with van der Waals surface area (Å²) in [5.74, 6) is 0.102. The molecule has 0 unspecified atom stereocenters. The molecule has 1 amide bonds. The first kappa shape index (κ1) is 19.3. The molecule has 0 radical (unpaired) electrons. The van der Waals surface area contributed by atoms with Crippen LogP contribution in [0.5, 0.6) is 0 Å². The van der Waals surface area contributed by atoms with E-state index >= 15 is 0 Å². The number of imidazole rings is 1. The average molecular weight is 424 g/mol. The largest absolute Gasteiger partial charge is 0.338 e. The van der Waals surface area contributed by atoms with Crippen molar-refractivity contribution in [3.05, 3.63) is 86.3 Å². The number of fused-ring (bicyclic) bond motifs is 1. The molecule has 4 aromatic rings. The summed E-state index contributed by atoms with van der Waals surface area (Å²) in [7, 11) is 0. The first-order valence-corrected chi connectivity index (χ1v) is 9.18. The molecule has 2 N–H and O–H groups in total. The summed E-state index contributed by atoms with van der Waals surface area (Å²) in [4.78, 5) is 42.1. The standard InChI is InChI=1S/C20H14ClN5O4/c21-15-4-2-1-3-14(15)20-23-16-7-5-12(9-17(16)24-20)22-18(27)11-25-10-13(26(29)30)6-8-19(25)28/h1-10H,11H2,(H,22,27)(H,23,24). The molecule has 0 bridgehead atoms. The van der Waals surface area contributed by atoms with Gasteiger partial charge in [0.2, 0.25) is 5.91 Å². The van der Waals surface area contributed by atoms with E-state index in [1.165, 1.54) is 0 Å². The van der Waals surface area contributed by atoms with Crippen molar-refractivity contribution in [2.75, 3.05) is 5.32 Å². The zero-order valence-electron chi connectivity index (χ0n) is 15.3. The SMILES string of the molecule is O=C(Cn1cc([N+](=O)[O-])ccc1=O)Nc1ccc2nc(-c3ccccc3Cl)[nH]c2c1. The number of halogens is 1. The summed E-state index contributed by atoms with van der Waals surface area (Å²) in [5, 5.41) is 14.1. The van der Waals surface area contributed by atoms with Crippen molar-refractivity contribution in [3.8, 4) is 11.4 Å². The molecule has 0 aliphatic rings. The summed E-state index contributed by atoms with van der Waals surface area (Å²) in [6.07, 6.45) is 1.04. The second kappa shape index (κ2) is 7.80. The van der Waals surface area contributed by atoms with Gasteiger partial charge in [0, 0.05) is 23.4 Å². The maximum Gasteiger partial charge on any atom is 0.285 e. The molecule has 0 saturated heterocycles. The lowest BCUT2D eigenvalue weighted by atomic mass is 10.2. The van der Waals surface area contributed by atoms with Gasteiger partial charge in [-0.2, -0.15) is 0 Å². The van der Waals surface area contributed by atoms with E-state index in [9.17, 15) is 19.7 Å². The number of nitro groups is 1. The third-order valence-corrected chi connectivity index (χ3v) is 4.72. The number of nitrogens with zero attached hydrogens (tertiary/aromatic N) is 3. The van der Waals surface area contributed by atoms with Crippen molar-refractivity contribution in [2.45, 2.75) is 6.54 Å². The van der Waals surface area contributed by atoms with Crippen LogP contribution in [0.1, 0.15) is 0 Å². The molecule has 30 heavy (non-hydrogen) atoms.